The van der Waals surface area contributed by atoms with Crippen molar-refractivity contribution < 1.29 is 8.42 Å². The number of anilines is 1. The van der Waals surface area contributed by atoms with Crippen molar-refractivity contribution in [3.63, 3.8) is 0 Å². The molecule has 0 saturated heterocycles. The Bertz CT molecular complexity index is 379. The third-order valence-electron chi connectivity index (χ3n) is 1.65. The average molecular weight is 230 g/mol. The molecule has 0 unspecified atom stereocenters. The highest BCUT2D eigenvalue weighted by molar-refractivity contribution is 7.92. The summed E-state index contributed by atoms with van der Waals surface area (Å²) in [6, 6.07) is 1.62. The van der Waals surface area contributed by atoms with Crippen LogP contribution in [0.5, 0.6) is 0 Å². The molecule has 2 N–H and O–H groups in total. The summed E-state index contributed by atoms with van der Waals surface area (Å²) in [7, 11) is -1.54. The van der Waals surface area contributed by atoms with Gasteiger partial charge in [0.05, 0.1) is 5.75 Å². The van der Waals surface area contributed by atoms with E-state index in [0.717, 1.165) is 0 Å². The molecule has 0 amide bonds. The zero-order valence-electron chi connectivity index (χ0n) is 8.47. The lowest BCUT2D eigenvalue weighted by atomic mass is 10.5. The van der Waals surface area contributed by atoms with Crippen LogP contribution in [0.1, 0.15) is 6.42 Å². The van der Waals surface area contributed by atoms with Crippen LogP contribution in [0.3, 0.4) is 0 Å². The Morgan fingerprint density at radius 3 is 2.60 bits per heavy atom. The summed E-state index contributed by atoms with van der Waals surface area (Å²) < 4.78 is 25.2. The highest BCUT2D eigenvalue weighted by atomic mass is 32.2. The summed E-state index contributed by atoms with van der Waals surface area (Å²) in [4.78, 5) is 7.55. The van der Waals surface area contributed by atoms with Crippen LogP contribution in [-0.2, 0) is 10.0 Å². The molecule has 0 saturated carbocycles. The van der Waals surface area contributed by atoms with Crippen molar-refractivity contribution in [3.05, 3.63) is 18.5 Å². The molecule has 0 aliphatic heterocycles. The summed E-state index contributed by atoms with van der Waals surface area (Å²) in [6.07, 6.45) is 3.52. The van der Waals surface area contributed by atoms with E-state index in [1.54, 1.807) is 13.1 Å². The Hall–Kier alpha value is -1.21. The molecule has 0 fully saturated rings. The van der Waals surface area contributed by atoms with Crippen LogP contribution in [0, 0.1) is 0 Å². The average Bonchev–Trinajstić information content (AvgIpc) is 2.18. The second kappa shape index (κ2) is 5.62. The quantitative estimate of drug-likeness (QED) is 0.663. The first-order valence-electron chi connectivity index (χ1n) is 4.56. The summed E-state index contributed by atoms with van der Waals surface area (Å²) >= 11 is 0. The number of hydrogen-bond acceptors (Lipinski definition) is 5. The number of aromatic nitrogens is 2. The lowest BCUT2D eigenvalue weighted by Gasteiger charge is -2.05. The number of nitrogens with zero attached hydrogens (tertiary/aromatic N) is 2. The fourth-order valence-electron chi connectivity index (χ4n) is 0.981. The molecular formula is C8H14N4O2S. The Morgan fingerprint density at radius 2 is 2.00 bits per heavy atom. The molecule has 84 valence electrons. The lowest BCUT2D eigenvalue weighted by Crippen LogP contribution is -2.21. The van der Waals surface area contributed by atoms with Gasteiger partial charge in [-0.3, -0.25) is 4.72 Å². The molecule has 0 aromatic carbocycles. The smallest absolute Gasteiger partial charge is 0.236 e. The standard InChI is InChI=1S/C8H14N4O2S/c1-9-4-3-7-15(13,14)12-8-10-5-2-6-11-8/h2,5-6,9H,3-4,7H2,1H3,(H,10,11,12). The summed E-state index contributed by atoms with van der Waals surface area (Å²) in [5, 5.41) is 2.88. The van der Waals surface area contributed by atoms with E-state index in [-0.39, 0.29) is 11.7 Å². The number of sulfonamides is 1. The monoisotopic (exact) mass is 230 g/mol. The molecule has 0 radical (unpaired) electrons. The SMILES string of the molecule is CNCCCS(=O)(=O)Nc1ncccn1. The van der Waals surface area contributed by atoms with Crippen LogP contribution in [0.4, 0.5) is 5.95 Å². The van der Waals surface area contributed by atoms with E-state index < -0.39 is 10.0 Å². The van der Waals surface area contributed by atoms with Crippen LogP contribution in [0.25, 0.3) is 0 Å². The first-order chi connectivity index (χ1) is 7.14. The van der Waals surface area contributed by atoms with Gasteiger partial charge in [0.15, 0.2) is 0 Å². The van der Waals surface area contributed by atoms with Crippen molar-refractivity contribution >= 4 is 16.0 Å². The van der Waals surface area contributed by atoms with Gasteiger partial charge in [-0.15, -0.1) is 0 Å². The van der Waals surface area contributed by atoms with E-state index in [2.05, 4.69) is 20.0 Å². The van der Waals surface area contributed by atoms with Gasteiger partial charge in [0.2, 0.25) is 16.0 Å². The summed E-state index contributed by atoms with van der Waals surface area (Å²) in [5.74, 6) is 0.175. The third-order valence-corrected chi connectivity index (χ3v) is 2.97. The second-order valence-electron chi connectivity index (χ2n) is 2.95. The molecule has 0 atom stereocenters. The van der Waals surface area contributed by atoms with Gasteiger partial charge in [-0.05, 0) is 26.1 Å². The molecule has 1 aromatic heterocycles. The predicted molar refractivity (Wildman–Crippen MR) is 58.0 cm³/mol. The van der Waals surface area contributed by atoms with Gasteiger partial charge < -0.3 is 5.32 Å². The molecular weight excluding hydrogens is 216 g/mol. The molecule has 1 heterocycles. The fourth-order valence-corrected chi connectivity index (χ4v) is 1.99. The van der Waals surface area contributed by atoms with E-state index in [9.17, 15) is 8.42 Å². The maximum atomic E-state index is 11.5. The maximum Gasteiger partial charge on any atom is 0.236 e. The molecule has 7 heteroatoms. The van der Waals surface area contributed by atoms with Crippen molar-refractivity contribution in [1.29, 1.82) is 0 Å². The molecule has 0 aliphatic carbocycles. The fraction of sp³-hybridized carbons (Fsp3) is 0.500. The lowest BCUT2D eigenvalue weighted by molar-refractivity contribution is 0.596. The van der Waals surface area contributed by atoms with Crippen molar-refractivity contribution in [2.24, 2.45) is 0 Å². The first-order valence-corrected chi connectivity index (χ1v) is 6.21. The Labute approximate surface area is 89.2 Å². The van der Waals surface area contributed by atoms with Crippen molar-refractivity contribution in [1.82, 2.24) is 15.3 Å². The highest BCUT2D eigenvalue weighted by Gasteiger charge is 2.10. The largest absolute Gasteiger partial charge is 0.320 e. The van der Waals surface area contributed by atoms with E-state index in [4.69, 9.17) is 0 Å². The minimum atomic E-state index is -3.32. The second-order valence-corrected chi connectivity index (χ2v) is 4.79. The molecule has 6 nitrogen and oxygen atoms in total. The van der Waals surface area contributed by atoms with Gasteiger partial charge in [0.1, 0.15) is 0 Å². The molecule has 15 heavy (non-hydrogen) atoms. The van der Waals surface area contributed by atoms with E-state index in [1.165, 1.54) is 12.4 Å². The van der Waals surface area contributed by atoms with E-state index in [1.807, 2.05) is 0 Å². The van der Waals surface area contributed by atoms with Crippen LogP contribution in [-0.4, -0.2) is 37.7 Å². The zero-order chi connectivity index (χ0) is 11.1. The summed E-state index contributed by atoms with van der Waals surface area (Å²) in [5.41, 5.74) is 0. The van der Waals surface area contributed by atoms with Gasteiger partial charge in [-0.1, -0.05) is 0 Å². The Balaban J connectivity index is 2.50. The Morgan fingerprint density at radius 1 is 1.33 bits per heavy atom. The van der Waals surface area contributed by atoms with Gasteiger partial charge in [0.25, 0.3) is 0 Å². The predicted octanol–water partition coefficient (Wildman–Crippen LogP) is -0.172. The van der Waals surface area contributed by atoms with Gasteiger partial charge in [0, 0.05) is 12.4 Å². The zero-order valence-corrected chi connectivity index (χ0v) is 9.29. The van der Waals surface area contributed by atoms with Crippen molar-refractivity contribution in [2.45, 2.75) is 6.42 Å². The van der Waals surface area contributed by atoms with E-state index in [0.29, 0.717) is 13.0 Å². The van der Waals surface area contributed by atoms with E-state index >= 15 is 0 Å². The van der Waals surface area contributed by atoms with Crippen LogP contribution in [0.15, 0.2) is 18.5 Å². The van der Waals surface area contributed by atoms with Crippen molar-refractivity contribution in [2.75, 3.05) is 24.1 Å². The highest BCUT2D eigenvalue weighted by Crippen LogP contribution is 2.00. The van der Waals surface area contributed by atoms with Gasteiger partial charge in [-0.2, -0.15) is 0 Å². The van der Waals surface area contributed by atoms with Crippen LogP contribution < -0.4 is 10.0 Å². The molecule has 1 aromatic rings. The number of hydrogen-bond donors (Lipinski definition) is 2. The number of rotatable bonds is 6. The minimum absolute atomic E-state index is 0.0616. The molecule has 1 rings (SSSR count). The van der Waals surface area contributed by atoms with Crippen molar-refractivity contribution in [3.8, 4) is 0 Å². The van der Waals surface area contributed by atoms with Crippen LogP contribution in [0.2, 0.25) is 0 Å². The Kier molecular flexibility index (Phi) is 4.44. The minimum Gasteiger partial charge on any atom is -0.320 e. The molecule has 0 spiro atoms. The number of nitrogens with one attached hydrogen (secondary N) is 2. The molecule has 0 aliphatic rings. The van der Waals surface area contributed by atoms with Crippen LogP contribution >= 0.6 is 0 Å². The summed E-state index contributed by atoms with van der Waals surface area (Å²) in [6.45, 7) is 0.663. The first kappa shape index (κ1) is 11.9. The third kappa shape index (κ3) is 4.71. The maximum absolute atomic E-state index is 11.5. The van der Waals surface area contributed by atoms with Gasteiger partial charge in [-0.25, -0.2) is 18.4 Å². The topological polar surface area (TPSA) is 84.0 Å². The normalized spacial score (nSPS) is 11.3. The molecule has 0 bridgehead atoms. The van der Waals surface area contributed by atoms with Gasteiger partial charge >= 0.3 is 0 Å².